The lowest BCUT2D eigenvalue weighted by Gasteiger charge is -2.45. The van der Waals surface area contributed by atoms with Crippen molar-refractivity contribution >= 4 is 11.9 Å². The predicted octanol–water partition coefficient (Wildman–Crippen LogP) is 1.49. The lowest BCUT2D eigenvalue weighted by molar-refractivity contribution is -0.304. The van der Waals surface area contributed by atoms with Gasteiger partial charge in [0.1, 0.15) is 12.0 Å². The third-order valence-corrected chi connectivity index (χ3v) is 11.3. The van der Waals surface area contributed by atoms with E-state index in [2.05, 4.69) is 0 Å². The lowest BCUT2D eigenvalue weighted by atomic mass is 9.82. The first-order valence-corrected chi connectivity index (χ1v) is 21.8. The van der Waals surface area contributed by atoms with Crippen molar-refractivity contribution in [3.8, 4) is 0 Å². The van der Waals surface area contributed by atoms with Crippen LogP contribution < -0.4 is 5.73 Å². The molecule has 0 saturated carbocycles. The Labute approximate surface area is 369 Å². The maximum absolute atomic E-state index is 12.5. The number of nitrogens with two attached hydrogens (primary N) is 1. The largest absolute Gasteiger partial charge is 0.481 e. The van der Waals surface area contributed by atoms with Crippen LogP contribution in [0.1, 0.15) is 85.0 Å². The Bertz CT molecular complexity index is 1580. The second kappa shape index (κ2) is 27.2. The van der Waals surface area contributed by atoms with Crippen LogP contribution in [0, 0.1) is 11.8 Å². The molecule has 3 rings (SSSR count). The standard InChI is InChI=1S/C46H71NO16/c1-28-16-14-12-10-8-6-4-5-7-9-11-13-15-17-34(62-42-25-35(47)44(56)30(3)61-42)24-40-43(45(57)58)39(54)27-46(59,63-40)26-33(50)22-38(53)36(51)19-18-31(48)21-32(49)23-41(55)60-29(2)20-37(28)52/h4-17,28-40,42-44,48-54,56,59H,18-27,47H2,1-3H3,(H,57,58). The Morgan fingerprint density at radius 1 is 0.683 bits per heavy atom. The van der Waals surface area contributed by atoms with Crippen molar-refractivity contribution in [3.63, 3.8) is 0 Å². The fourth-order valence-electron chi connectivity index (χ4n) is 7.75. The van der Waals surface area contributed by atoms with E-state index in [0.717, 1.165) is 0 Å². The van der Waals surface area contributed by atoms with Crippen LogP contribution in [-0.2, 0) is 28.5 Å². The number of carboxylic acid groups (broad SMARTS) is 1. The van der Waals surface area contributed by atoms with E-state index in [1.165, 1.54) is 0 Å². The smallest absolute Gasteiger partial charge is 0.311 e. The van der Waals surface area contributed by atoms with E-state index in [1.54, 1.807) is 62.5 Å². The van der Waals surface area contributed by atoms with Crippen molar-refractivity contribution in [2.75, 3.05) is 0 Å². The molecule has 2 saturated heterocycles. The summed E-state index contributed by atoms with van der Waals surface area (Å²) in [4.78, 5) is 24.9. The average molecular weight is 894 g/mol. The van der Waals surface area contributed by atoms with Gasteiger partial charge in [-0.1, -0.05) is 92.0 Å². The number of hydrogen-bond donors (Lipinski definition) is 11. The minimum Gasteiger partial charge on any atom is -0.481 e. The van der Waals surface area contributed by atoms with Gasteiger partial charge >= 0.3 is 11.9 Å². The molecule has 3 aliphatic rings. The van der Waals surface area contributed by atoms with E-state index >= 15 is 0 Å². The summed E-state index contributed by atoms with van der Waals surface area (Å²) in [6.07, 6.45) is 7.47. The zero-order valence-electron chi connectivity index (χ0n) is 36.4. The van der Waals surface area contributed by atoms with Crippen LogP contribution in [0.3, 0.4) is 0 Å². The number of aliphatic carboxylic acids is 1. The third kappa shape index (κ3) is 19.7. The van der Waals surface area contributed by atoms with Crippen LogP contribution in [0.4, 0.5) is 0 Å². The summed E-state index contributed by atoms with van der Waals surface area (Å²) >= 11 is 0. The summed E-state index contributed by atoms with van der Waals surface area (Å²) in [5, 5.41) is 107. The van der Waals surface area contributed by atoms with Gasteiger partial charge in [0.2, 0.25) is 0 Å². The molecule has 0 amide bonds. The third-order valence-electron chi connectivity index (χ3n) is 11.3. The number of esters is 1. The van der Waals surface area contributed by atoms with Crippen LogP contribution in [0.2, 0.25) is 0 Å². The van der Waals surface area contributed by atoms with Crippen LogP contribution in [0.5, 0.6) is 0 Å². The molecule has 356 valence electrons. The zero-order chi connectivity index (χ0) is 46.7. The molecule has 3 aliphatic heterocycles. The van der Waals surface area contributed by atoms with Crippen LogP contribution in [0.25, 0.3) is 0 Å². The maximum Gasteiger partial charge on any atom is 0.311 e. The molecule has 0 radical (unpaired) electrons. The number of rotatable bonds is 3. The van der Waals surface area contributed by atoms with Crippen molar-refractivity contribution in [1.82, 2.24) is 0 Å². The lowest BCUT2D eigenvalue weighted by Crippen LogP contribution is -2.56. The summed E-state index contributed by atoms with van der Waals surface area (Å²) in [6.45, 7) is 5.09. The molecule has 17 atom stereocenters. The van der Waals surface area contributed by atoms with Gasteiger partial charge in [-0.25, -0.2) is 0 Å². The molecule has 0 spiro atoms. The van der Waals surface area contributed by atoms with E-state index < -0.39 is 135 Å². The number of fused-ring (bicyclic) bond motifs is 2. The zero-order valence-corrected chi connectivity index (χ0v) is 36.4. The number of aliphatic hydroxyl groups excluding tert-OH is 8. The summed E-state index contributed by atoms with van der Waals surface area (Å²) < 4.78 is 23.3. The second-order valence-electron chi connectivity index (χ2n) is 17.0. The van der Waals surface area contributed by atoms with Gasteiger partial charge in [0, 0.05) is 50.5 Å². The summed E-state index contributed by atoms with van der Waals surface area (Å²) in [7, 11) is 0. The van der Waals surface area contributed by atoms with Crippen molar-refractivity contribution in [3.05, 3.63) is 85.1 Å². The van der Waals surface area contributed by atoms with Gasteiger partial charge in [-0.15, -0.1) is 0 Å². The number of hydrogen-bond acceptors (Lipinski definition) is 16. The minimum atomic E-state index is -2.27. The molecule has 0 aliphatic carbocycles. The minimum absolute atomic E-state index is 0.0873. The molecule has 17 unspecified atom stereocenters. The fraction of sp³-hybridized carbons (Fsp3) is 0.652. The Kier molecular flexibility index (Phi) is 23.3. The molecule has 12 N–H and O–H groups in total. The summed E-state index contributed by atoms with van der Waals surface area (Å²) in [6, 6.07) is -0.670. The molecular formula is C46H71NO16. The Balaban J connectivity index is 1.82. The molecule has 2 bridgehead atoms. The average Bonchev–Trinajstić information content (AvgIpc) is 3.17. The van der Waals surface area contributed by atoms with Gasteiger partial charge in [-0.05, 0) is 33.1 Å². The van der Waals surface area contributed by atoms with Crippen molar-refractivity contribution in [2.45, 2.75) is 176 Å². The second-order valence-corrected chi connectivity index (χ2v) is 17.0. The van der Waals surface area contributed by atoms with Crippen LogP contribution in [0.15, 0.2) is 85.1 Å². The van der Waals surface area contributed by atoms with Gasteiger partial charge in [-0.3, -0.25) is 9.59 Å². The highest BCUT2D eigenvalue weighted by Crippen LogP contribution is 2.38. The number of carboxylic acids is 1. The van der Waals surface area contributed by atoms with Crippen molar-refractivity contribution in [2.24, 2.45) is 17.6 Å². The molecule has 0 aromatic rings. The van der Waals surface area contributed by atoms with Crippen LogP contribution in [-0.4, -0.2) is 154 Å². The van der Waals surface area contributed by atoms with E-state index in [9.17, 15) is 60.7 Å². The normalized spacial score (nSPS) is 40.6. The molecule has 0 aromatic carbocycles. The predicted molar refractivity (Wildman–Crippen MR) is 231 cm³/mol. The van der Waals surface area contributed by atoms with Crippen molar-refractivity contribution in [1.29, 1.82) is 0 Å². The Hall–Kier alpha value is -3.40. The molecule has 2 fully saturated rings. The number of allylic oxidation sites excluding steroid dienone is 12. The summed E-state index contributed by atoms with van der Waals surface area (Å²) in [5.74, 6) is -6.15. The van der Waals surface area contributed by atoms with Gasteiger partial charge in [-0.2, -0.15) is 0 Å². The molecule has 17 nitrogen and oxygen atoms in total. The number of aliphatic hydroxyl groups is 9. The van der Waals surface area contributed by atoms with Gasteiger partial charge in [0.25, 0.3) is 0 Å². The van der Waals surface area contributed by atoms with Crippen LogP contribution >= 0.6 is 0 Å². The van der Waals surface area contributed by atoms with E-state index in [0.29, 0.717) is 0 Å². The SMILES string of the molecule is CC1CC(O)C(C)C=CC=CC=CC=CC=CC=CC=CC(OC2CC(N)C(O)C(C)O2)CC2OC(O)(CC(O)CC(O)C(O)CCC(O)CC(O)CC(=O)O1)CC(O)C2C(=O)O. The molecular weight excluding hydrogens is 822 g/mol. The highest BCUT2D eigenvalue weighted by molar-refractivity contribution is 5.71. The van der Waals surface area contributed by atoms with Gasteiger partial charge in [0.15, 0.2) is 12.1 Å². The molecule has 0 aromatic heterocycles. The Morgan fingerprint density at radius 3 is 1.86 bits per heavy atom. The molecule has 17 heteroatoms. The monoisotopic (exact) mass is 893 g/mol. The highest BCUT2D eigenvalue weighted by Gasteiger charge is 2.50. The number of carbonyl (C=O) groups is 2. The quantitative estimate of drug-likeness (QED) is 0.179. The first-order chi connectivity index (χ1) is 29.8. The first-order valence-electron chi connectivity index (χ1n) is 21.8. The number of cyclic esters (lactones) is 1. The number of carbonyl (C=O) groups excluding carboxylic acids is 1. The molecule has 63 heavy (non-hydrogen) atoms. The first kappa shape index (κ1) is 53.9. The molecule has 3 heterocycles. The maximum atomic E-state index is 12.5. The van der Waals surface area contributed by atoms with Gasteiger partial charge in [0.05, 0.1) is 73.6 Å². The van der Waals surface area contributed by atoms with Gasteiger partial charge < -0.3 is 75.7 Å². The van der Waals surface area contributed by atoms with E-state index in [-0.39, 0.29) is 44.4 Å². The van der Waals surface area contributed by atoms with E-state index in [1.807, 2.05) is 43.4 Å². The fourth-order valence-corrected chi connectivity index (χ4v) is 7.75. The topological polar surface area (TPSA) is 299 Å². The van der Waals surface area contributed by atoms with Crippen molar-refractivity contribution < 1.29 is 79.6 Å². The van der Waals surface area contributed by atoms with E-state index in [4.69, 9.17) is 24.7 Å². The highest BCUT2D eigenvalue weighted by atomic mass is 16.7. The number of ether oxygens (including phenoxy) is 4. The summed E-state index contributed by atoms with van der Waals surface area (Å²) in [5.41, 5.74) is 6.12. The Morgan fingerprint density at radius 2 is 1.27 bits per heavy atom.